The van der Waals surface area contributed by atoms with Gasteiger partial charge in [-0.3, -0.25) is 9.59 Å². The number of hydrogen-bond acceptors (Lipinski definition) is 8. The molecule has 1 aromatic heterocycles. The fourth-order valence-electron chi connectivity index (χ4n) is 2.46. The first-order valence-corrected chi connectivity index (χ1v) is 8.94. The van der Waals surface area contributed by atoms with Gasteiger partial charge in [0.15, 0.2) is 5.92 Å². The minimum atomic E-state index is -1.29. The first-order chi connectivity index (χ1) is 13.3. The summed E-state index contributed by atoms with van der Waals surface area (Å²) in [6, 6.07) is 6.66. The highest BCUT2D eigenvalue weighted by Gasteiger charge is 2.35. The van der Waals surface area contributed by atoms with Gasteiger partial charge in [0.1, 0.15) is 5.75 Å². The number of aromatic nitrogens is 2. The lowest BCUT2D eigenvalue weighted by molar-refractivity contribution is -0.161. The third-order valence-corrected chi connectivity index (χ3v) is 3.56. The lowest BCUT2D eigenvalue weighted by Crippen LogP contribution is -2.30. The van der Waals surface area contributed by atoms with Gasteiger partial charge in [0.25, 0.3) is 0 Å². The van der Waals surface area contributed by atoms with Crippen LogP contribution in [-0.4, -0.2) is 41.2 Å². The minimum absolute atomic E-state index is 0.321. The number of benzene rings is 1. The number of rotatable bonds is 8. The SMILES string of the molecule is COc1ccc(Nc2ncccn2)c(C(C(=O)OC(C)C)C(=O)OC(C)C)c1. The zero-order valence-corrected chi connectivity index (χ0v) is 16.6. The van der Waals surface area contributed by atoms with Crippen molar-refractivity contribution in [1.29, 1.82) is 0 Å². The van der Waals surface area contributed by atoms with Crippen LogP contribution in [0.1, 0.15) is 39.2 Å². The molecular weight excluding hydrogens is 362 g/mol. The summed E-state index contributed by atoms with van der Waals surface area (Å²) in [5.74, 6) is -1.89. The second kappa shape index (κ2) is 9.68. The van der Waals surface area contributed by atoms with E-state index in [1.165, 1.54) is 7.11 Å². The van der Waals surface area contributed by atoms with E-state index in [4.69, 9.17) is 14.2 Å². The molecule has 1 heterocycles. The van der Waals surface area contributed by atoms with Crippen molar-refractivity contribution in [3.8, 4) is 5.75 Å². The maximum atomic E-state index is 12.8. The average molecular weight is 387 g/mol. The summed E-state index contributed by atoms with van der Waals surface area (Å²) in [4.78, 5) is 33.8. The van der Waals surface area contributed by atoms with Gasteiger partial charge in [-0.05, 0) is 52.0 Å². The molecule has 2 aromatic rings. The molecule has 0 spiro atoms. The highest BCUT2D eigenvalue weighted by Crippen LogP contribution is 2.32. The van der Waals surface area contributed by atoms with E-state index in [2.05, 4.69) is 15.3 Å². The van der Waals surface area contributed by atoms with Crippen LogP contribution < -0.4 is 10.1 Å². The molecule has 28 heavy (non-hydrogen) atoms. The van der Waals surface area contributed by atoms with Crippen molar-refractivity contribution in [2.45, 2.75) is 45.8 Å². The van der Waals surface area contributed by atoms with Crippen LogP contribution in [-0.2, 0) is 19.1 Å². The number of methoxy groups -OCH3 is 1. The van der Waals surface area contributed by atoms with Crippen LogP contribution in [0.5, 0.6) is 5.75 Å². The second-order valence-corrected chi connectivity index (χ2v) is 6.55. The maximum Gasteiger partial charge on any atom is 0.325 e. The molecule has 0 fully saturated rings. The molecule has 150 valence electrons. The van der Waals surface area contributed by atoms with Crippen LogP contribution in [0.2, 0.25) is 0 Å². The van der Waals surface area contributed by atoms with Gasteiger partial charge in [-0.15, -0.1) is 0 Å². The first kappa shape index (κ1) is 21.1. The van der Waals surface area contributed by atoms with Gasteiger partial charge in [0.2, 0.25) is 5.95 Å². The normalized spacial score (nSPS) is 10.9. The Kier molecular flexibility index (Phi) is 7.31. The van der Waals surface area contributed by atoms with Crippen molar-refractivity contribution < 1.29 is 23.8 Å². The largest absolute Gasteiger partial charge is 0.497 e. The molecule has 0 saturated carbocycles. The molecule has 0 atom stereocenters. The molecule has 1 aromatic carbocycles. The zero-order chi connectivity index (χ0) is 20.7. The van der Waals surface area contributed by atoms with E-state index in [-0.39, 0.29) is 12.2 Å². The van der Waals surface area contributed by atoms with E-state index in [9.17, 15) is 9.59 Å². The molecular formula is C20H25N3O5. The Hall–Kier alpha value is -3.16. The predicted molar refractivity (Wildman–Crippen MR) is 104 cm³/mol. The van der Waals surface area contributed by atoms with Crippen LogP contribution in [0.3, 0.4) is 0 Å². The van der Waals surface area contributed by atoms with Crippen molar-refractivity contribution >= 4 is 23.6 Å². The number of carbonyl (C=O) groups is 2. The molecule has 0 bridgehead atoms. The molecule has 2 rings (SSSR count). The highest BCUT2D eigenvalue weighted by atomic mass is 16.6. The number of hydrogen-bond donors (Lipinski definition) is 1. The number of esters is 2. The molecule has 0 radical (unpaired) electrons. The fraction of sp³-hybridized carbons (Fsp3) is 0.400. The number of ether oxygens (including phenoxy) is 3. The van der Waals surface area contributed by atoms with Crippen LogP contribution in [0, 0.1) is 0 Å². The van der Waals surface area contributed by atoms with Gasteiger partial charge < -0.3 is 19.5 Å². The average Bonchev–Trinajstić information content (AvgIpc) is 2.62. The summed E-state index contributed by atoms with van der Waals surface area (Å²) in [5.41, 5.74) is 0.821. The number of anilines is 2. The van der Waals surface area contributed by atoms with Gasteiger partial charge in [0, 0.05) is 23.6 Å². The monoisotopic (exact) mass is 387 g/mol. The molecule has 1 N–H and O–H groups in total. The summed E-state index contributed by atoms with van der Waals surface area (Å²) >= 11 is 0. The molecule has 0 aliphatic carbocycles. The Morgan fingerprint density at radius 3 is 2.04 bits per heavy atom. The topological polar surface area (TPSA) is 99.6 Å². The Morgan fingerprint density at radius 1 is 0.964 bits per heavy atom. The predicted octanol–water partition coefficient (Wildman–Crippen LogP) is 3.22. The molecule has 0 unspecified atom stereocenters. The number of nitrogens with one attached hydrogen (secondary N) is 1. The minimum Gasteiger partial charge on any atom is -0.497 e. The highest BCUT2D eigenvalue weighted by molar-refractivity contribution is 6.02. The van der Waals surface area contributed by atoms with Gasteiger partial charge >= 0.3 is 11.9 Å². The number of nitrogens with zero attached hydrogens (tertiary/aromatic N) is 2. The van der Waals surface area contributed by atoms with E-state index < -0.39 is 17.9 Å². The van der Waals surface area contributed by atoms with Gasteiger partial charge in [-0.2, -0.15) is 0 Å². The van der Waals surface area contributed by atoms with Crippen molar-refractivity contribution in [2.24, 2.45) is 0 Å². The third kappa shape index (κ3) is 5.67. The van der Waals surface area contributed by atoms with Crippen LogP contribution in [0.4, 0.5) is 11.6 Å². The van der Waals surface area contributed by atoms with Gasteiger partial charge in [-0.25, -0.2) is 9.97 Å². The van der Waals surface area contributed by atoms with Crippen LogP contribution in [0.25, 0.3) is 0 Å². The summed E-state index contributed by atoms with van der Waals surface area (Å²) < 4.78 is 15.9. The first-order valence-electron chi connectivity index (χ1n) is 8.94. The Morgan fingerprint density at radius 2 is 1.54 bits per heavy atom. The zero-order valence-electron chi connectivity index (χ0n) is 16.6. The molecule has 8 heteroatoms. The van der Waals surface area contributed by atoms with Gasteiger partial charge in [0.05, 0.1) is 19.3 Å². The summed E-state index contributed by atoms with van der Waals surface area (Å²) in [6.45, 7) is 6.85. The maximum absolute atomic E-state index is 12.8. The fourth-order valence-corrected chi connectivity index (χ4v) is 2.46. The summed E-state index contributed by atoms with van der Waals surface area (Å²) in [5, 5.41) is 3.03. The Labute approximate surface area is 164 Å². The molecule has 8 nitrogen and oxygen atoms in total. The molecule has 0 amide bonds. The molecule has 0 saturated heterocycles. The lowest BCUT2D eigenvalue weighted by Gasteiger charge is -2.21. The molecule has 0 aliphatic rings. The Balaban J connectivity index is 2.51. The van der Waals surface area contributed by atoms with Crippen molar-refractivity contribution in [3.05, 3.63) is 42.2 Å². The standard InChI is InChI=1S/C20H25N3O5/c1-12(2)27-18(24)17(19(25)28-13(3)4)15-11-14(26-5)7-8-16(15)23-20-21-9-6-10-22-20/h6-13,17H,1-5H3,(H,21,22,23). The lowest BCUT2D eigenvalue weighted by atomic mass is 9.96. The van der Waals surface area contributed by atoms with Crippen LogP contribution >= 0.6 is 0 Å². The van der Waals surface area contributed by atoms with Crippen LogP contribution in [0.15, 0.2) is 36.7 Å². The van der Waals surface area contributed by atoms with E-state index >= 15 is 0 Å². The van der Waals surface area contributed by atoms with Crippen molar-refractivity contribution in [3.63, 3.8) is 0 Å². The quantitative estimate of drug-likeness (QED) is 0.544. The van der Waals surface area contributed by atoms with Crippen molar-refractivity contribution in [2.75, 3.05) is 12.4 Å². The third-order valence-electron chi connectivity index (χ3n) is 3.56. The smallest absolute Gasteiger partial charge is 0.325 e. The number of carbonyl (C=O) groups excluding carboxylic acids is 2. The molecule has 0 aliphatic heterocycles. The van der Waals surface area contributed by atoms with Crippen molar-refractivity contribution in [1.82, 2.24) is 9.97 Å². The van der Waals surface area contributed by atoms with E-state index in [1.807, 2.05) is 0 Å². The van der Waals surface area contributed by atoms with E-state index in [1.54, 1.807) is 64.4 Å². The van der Waals surface area contributed by atoms with E-state index in [0.717, 1.165) is 0 Å². The summed E-state index contributed by atoms with van der Waals surface area (Å²) in [7, 11) is 1.50. The second-order valence-electron chi connectivity index (χ2n) is 6.55. The Bertz CT molecular complexity index is 787. The van der Waals surface area contributed by atoms with Gasteiger partial charge in [-0.1, -0.05) is 0 Å². The summed E-state index contributed by atoms with van der Waals surface area (Å²) in [6.07, 6.45) is 2.38. The van der Waals surface area contributed by atoms with E-state index in [0.29, 0.717) is 22.9 Å².